The minimum Gasteiger partial charge on any atom is -0.379 e. The maximum absolute atomic E-state index is 5.55. The van der Waals surface area contributed by atoms with E-state index in [0.717, 1.165) is 38.8 Å². The lowest BCUT2D eigenvalue weighted by Crippen LogP contribution is -2.23. The van der Waals surface area contributed by atoms with Gasteiger partial charge in [-0.2, -0.15) is 0 Å². The summed E-state index contributed by atoms with van der Waals surface area (Å²) in [4.78, 5) is 2.14. The Hall–Kier alpha value is -0.900. The molecule has 1 aliphatic carbocycles. The molecule has 0 saturated heterocycles. The van der Waals surface area contributed by atoms with Gasteiger partial charge < -0.3 is 15.0 Å². The van der Waals surface area contributed by atoms with Crippen LogP contribution >= 0.6 is 0 Å². The molecule has 3 nitrogen and oxygen atoms in total. The number of benzene rings is 1. The molecule has 0 aromatic heterocycles. The van der Waals surface area contributed by atoms with Gasteiger partial charge in [0.15, 0.2) is 0 Å². The van der Waals surface area contributed by atoms with Crippen LogP contribution < -0.4 is 5.32 Å². The third kappa shape index (κ3) is 5.72. The van der Waals surface area contributed by atoms with E-state index in [1.165, 1.54) is 24.0 Å². The Labute approximate surface area is 116 Å². The zero-order valence-electron chi connectivity index (χ0n) is 12.2. The number of hydrogen-bond donors (Lipinski definition) is 1. The van der Waals surface area contributed by atoms with Gasteiger partial charge in [0.2, 0.25) is 0 Å². The van der Waals surface area contributed by atoms with Crippen LogP contribution in [0.4, 0.5) is 0 Å². The van der Waals surface area contributed by atoms with E-state index in [2.05, 4.69) is 48.6 Å². The number of likely N-dealkylation sites (N-methyl/N-ethyl adjacent to an activating group) is 1. The number of ether oxygens (including phenoxy) is 1. The number of nitrogens with one attached hydrogen (secondary N) is 1. The predicted molar refractivity (Wildman–Crippen MR) is 79.5 cm³/mol. The molecule has 3 heteroatoms. The maximum atomic E-state index is 5.55. The van der Waals surface area contributed by atoms with Gasteiger partial charge in [-0.1, -0.05) is 24.3 Å². The molecule has 0 aliphatic heterocycles. The Morgan fingerprint density at radius 3 is 2.84 bits per heavy atom. The second kappa shape index (κ2) is 7.63. The summed E-state index contributed by atoms with van der Waals surface area (Å²) in [6, 6.07) is 8.98. The zero-order valence-corrected chi connectivity index (χ0v) is 12.2. The minimum absolute atomic E-state index is 0.788. The zero-order chi connectivity index (χ0) is 13.5. The number of hydrogen-bond acceptors (Lipinski definition) is 3. The summed E-state index contributed by atoms with van der Waals surface area (Å²) in [6.45, 7) is 4.45. The van der Waals surface area contributed by atoms with Crippen molar-refractivity contribution >= 4 is 0 Å². The lowest BCUT2D eigenvalue weighted by Gasteiger charge is -2.10. The Balaban J connectivity index is 1.56. The highest BCUT2D eigenvalue weighted by molar-refractivity contribution is 5.29. The molecule has 2 rings (SSSR count). The molecule has 1 aliphatic rings. The normalized spacial score (nSPS) is 15.1. The van der Waals surface area contributed by atoms with E-state index in [9.17, 15) is 0 Å². The van der Waals surface area contributed by atoms with Gasteiger partial charge in [0, 0.05) is 19.6 Å². The Bertz CT molecular complexity index is 375. The van der Waals surface area contributed by atoms with E-state index in [4.69, 9.17) is 4.74 Å². The molecule has 0 atom stereocenters. The van der Waals surface area contributed by atoms with Crippen molar-refractivity contribution in [1.82, 2.24) is 10.2 Å². The maximum Gasteiger partial charge on any atom is 0.0593 e. The monoisotopic (exact) mass is 262 g/mol. The largest absolute Gasteiger partial charge is 0.379 e. The van der Waals surface area contributed by atoms with Crippen molar-refractivity contribution in [3.63, 3.8) is 0 Å². The first-order valence-corrected chi connectivity index (χ1v) is 7.28. The first kappa shape index (κ1) is 14.5. The van der Waals surface area contributed by atoms with Crippen LogP contribution in [0.1, 0.15) is 29.9 Å². The molecule has 1 aromatic rings. The third-order valence-corrected chi connectivity index (χ3v) is 3.43. The van der Waals surface area contributed by atoms with E-state index in [1.54, 1.807) is 0 Å². The summed E-state index contributed by atoms with van der Waals surface area (Å²) in [5.41, 5.74) is 2.90. The van der Waals surface area contributed by atoms with Gasteiger partial charge in [-0.05, 0) is 44.0 Å². The first-order valence-electron chi connectivity index (χ1n) is 7.28. The van der Waals surface area contributed by atoms with Crippen molar-refractivity contribution in [2.75, 3.05) is 40.4 Å². The predicted octanol–water partition coefficient (Wildman–Crippen LogP) is 2.23. The van der Waals surface area contributed by atoms with Gasteiger partial charge in [0.05, 0.1) is 13.2 Å². The summed E-state index contributed by atoms with van der Waals surface area (Å²) in [6.07, 6.45) is 2.74. The van der Waals surface area contributed by atoms with Gasteiger partial charge in [0.25, 0.3) is 0 Å². The van der Waals surface area contributed by atoms with Crippen LogP contribution in [0, 0.1) is 0 Å². The van der Waals surface area contributed by atoms with Crippen molar-refractivity contribution in [3.8, 4) is 0 Å². The van der Waals surface area contributed by atoms with Gasteiger partial charge in [-0.3, -0.25) is 0 Å². The molecule has 0 unspecified atom stereocenters. The lowest BCUT2D eigenvalue weighted by molar-refractivity contribution is 0.119. The lowest BCUT2D eigenvalue weighted by atomic mass is 10.1. The molecule has 1 fully saturated rings. The molecule has 0 heterocycles. The van der Waals surface area contributed by atoms with Gasteiger partial charge in [0.1, 0.15) is 0 Å². The van der Waals surface area contributed by atoms with Crippen LogP contribution in [0.15, 0.2) is 24.3 Å². The SMILES string of the molecule is CN(C)CCOCCNCc1cccc(C2CC2)c1. The van der Waals surface area contributed by atoms with E-state index >= 15 is 0 Å². The third-order valence-electron chi connectivity index (χ3n) is 3.43. The molecule has 0 amide bonds. The summed E-state index contributed by atoms with van der Waals surface area (Å²) in [5, 5.41) is 3.44. The Morgan fingerprint density at radius 1 is 1.26 bits per heavy atom. The molecule has 1 N–H and O–H groups in total. The van der Waals surface area contributed by atoms with Crippen molar-refractivity contribution in [2.45, 2.75) is 25.3 Å². The number of rotatable bonds is 9. The Morgan fingerprint density at radius 2 is 2.11 bits per heavy atom. The van der Waals surface area contributed by atoms with Crippen LogP contribution in [-0.4, -0.2) is 45.3 Å². The molecule has 19 heavy (non-hydrogen) atoms. The standard InChI is InChI=1S/C16H26N2O/c1-18(2)9-11-19-10-8-17-13-14-4-3-5-16(12-14)15-6-7-15/h3-5,12,15,17H,6-11,13H2,1-2H3. The Kier molecular flexibility index (Phi) is 5.83. The van der Waals surface area contributed by atoms with Crippen LogP contribution in [0.5, 0.6) is 0 Å². The summed E-state index contributed by atoms with van der Waals surface area (Å²) in [7, 11) is 4.13. The van der Waals surface area contributed by atoms with Crippen LogP contribution in [-0.2, 0) is 11.3 Å². The summed E-state index contributed by atoms with van der Waals surface area (Å²) in [5.74, 6) is 0.842. The van der Waals surface area contributed by atoms with Crippen LogP contribution in [0.2, 0.25) is 0 Å². The topological polar surface area (TPSA) is 24.5 Å². The van der Waals surface area contributed by atoms with Crippen LogP contribution in [0.3, 0.4) is 0 Å². The summed E-state index contributed by atoms with van der Waals surface area (Å²) >= 11 is 0. The molecule has 0 radical (unpaired) electrons. The van der Waals surface area contributed by atoms with Gasteiger partial charge >= 0.3 is 0 Å². The van der Waals surface area contributed by atoms with Crippen molar-refractivity contribution < 1.29 is 4.74 Å². The average Bonchev–Trinajstić information content (AvgIpc) is 3.22. The van der Waals surface area contributed by atoms with E-state index < -0.39 is 0 Å². The fraction of sp³-hybridized carbons (Fsp3) is 0.625. The van der Waals surface area contributed by atoms with E-state index in [0.29, 0.717) is 0 Å². The van der Waals surface area contributed by atoms with E-state index in [-0.39, 0.29) is 0 Å². The minimum atomic E-state index is 0.788. The molecular formula is C16H26N2O. The van der Waals surface area contributed by atoms with E-state index in [1.807, 2.05) is 0 Å². The molecule has 0 spiro atoms. The van der Waals surface area contributed by atoms with Crippen molar-refractivity contribution in [1.29, 1.82) is 0 Å². The van der Waals surface area contributed by atoms with Crippen molar-refractivity contribution in [3.05, 3.63) is 35.4 Å². The molecule has 1 aromatic carbocycles. The molecule has 106 valence electrons. The highest BCUT2D eigenvalue weighted by Crippen LogP contribution is 2.40. The fourth-order valence-electron chi connectivity index (χ4n) is 2.10. The van der Waals surface area contributed by atoms with Gasteiger partial charge in [-0.15, -0.1) is 0 Å². The van der Waals surface area contributed by atoms with Gasteiger partial charge in [-0.25, -0.2) is 0 Å². The van der Waals surface area contributed by atoms with Crippen LogP contribution in [0.25, 0.3) is 0 Å². The highest BCUT2D eigenvalue weighted by Gasteiger charge is 2.23. The van der Waals surface area contributed by atoms with Crippen molar-refractivity contribution in [2.24, 2.45) is 0 Å². The number of nitrogens with zero attached hydrogens (tertiary/aromatic N) is 1. The second-order valence-electron chi connectivity index (χ2n) is 5.61. The first-order chi connectivity index (χ1) is 9.25. The molecule has 0 bridgehead atoms. The fourth-order valence-corrected chi connectivity index (χ4v) is 2.10. The summed E-state index contributed by atoms with van der Waals surface area (Å²) < 4.78 is 5.55. The quantitative estimate of drug-likeness (QED) is 0.691. The molecular weight excluding hydrogens is 236 g/mol. The second-order valence-corrected chi connectivity index (χ2v) is 5.61. The molecule has 1 saturated carbocycles. The highest BCUT2D eigenvalue weighted by atomic mass is 16.5. The average molecular weight is 262 g/mol. The smallest absolute Gasteiger partial charge is 0.0593 e.